The molecule has 0 aromatic carbocycles. The van der Waals surface area contributed by atoms with Gasteiger partial charge in [-0.3, -0.25) is 5.43 Å². The van der Waals surface area contributed by atoms with Gasteiger partial charge in [0.25, 0.3) is 0 Å². The number of hydrazone groups is 1. The van der Waals surface area contributed by atoms with Gasteiger partial charge >= 0.3 is 0 Å². The van der Waals surface area contributed by atoms with E-state index in [0.717, 1.165) is 23.3 Å². The quantitative estimate of drug-likeness (QED) is 0.650. The number of hydrogen-bond acceptors (Lipinski definition) is 3. The van der Waals surface area contributed by atoms with Crippen LogP contribution in [0.4, 0.5) is 5.82 Å². The van der Waals surface area contributed by atoms with E-state index in [2.05, 4.69) is 31.4 Å². The Kier molecular flexibility index (Phi) is 3.14. The summed E-state index contributed by atoms with van der Waals surface area (Å²) in [4.78, 5) is 4.23. The molecule has 0 spiro atoms. The van der Waals surface area contributed by atoms with Crippen LogP contribution in [0.15, 0.2) is 27.9 Å². The van der Waals surface area contributed by atoms with Crippen molar-refractivity contribution in [2.45, 2.75) is 25.7 Å². The molecule has 1 saturated carbocycles. The molecule has 4 heteroatoms. The summed E-state index contributed by atoms with van der Waals surface area (Å²) in [6.07, 6.45) is 4.79. The van der Waals surface area contributed by atoms with E-state index in [1.54, 1.807) is 0 Å². The third-order valence-corrected chi connectivity index (χ3v) is 2.67. The first-order valence-electron chi connectivity index (χ1n) is 4.78. The summed E-state index contributed by atoms with van der Waals surface area (Å²) >= 11 is 3.32. The second-order valence-electron chi connectivity index (χ2n) is 3.34. The van der Waals surface area contributed by atoms with Gasteiger partial charge in [-0.05, 0) is 53.7 Å². The van der Waals surface area contributed by atoms with E-state index in [4.69, 9.17) is 0 Å². The smallest absolute Gasteiger partial charge is 0.147 e. The van der Waals surface area contributed by atoms with Gasteiger partial charge in [-0.1, -0.05) is 6.07 Å². The molecule has 0 atom stereocenters. The highest BCUT2D eigenvalue weighted by Gasteiger charge is 2.07. The molecule has 1 aromatic rings. The van der Waals surface area contributed by atoms with Gasteiger partial charge in [0.1, 0.15) is 10.4 Å². The zero-order chi connectivity index (χ0) is 9.80. The number of rotatable bonds is 2. The third kappa shape index (κ3) is 2.54. The first-order chi connectivity index (χ1) is 6.84. The molecule has 1 fully saturated rings. The Morgan fingerprint density at radius 2 is 2.07 bits per heavy atom. The van der Waals surface area contributed by atoms with Crippen molar-refractivity contribution in [3.8, 4) is 0 Å². The fourth-order valence-corrected chi connectivity index (χ4v) is 1.85. The predicted octanol–water partition coefficient (Wildman–Crippen LogP) is 3.19. The second kappa shape index (κ2) is 4.55. The van der Waals surface area contributed by atoms with Crippen LogP contribution in [-0.2, 0) is 0 Å². The van der Waals surface area contributed by atoms with Crippen LogP contribution < -0.4 is 5.43 Å². The Bertz CT molecular complexity index is 341. The summed E-state index contributed by atoms with van der Waals surface area (Å²) in [5, 5.41) is 4.32. The number of anilines is 1. The highest BCUT2D eigenvalue weighted by molar-refractivity contribution is 9.10. The Morgan fingerprint density at radius 1 is 1.29 bits per heavy atom. The molecule has 0 unspecified atom stereocenters. The van der Waals surface area contributed by atoms with E-state index in [1.165, 1.54) is 18.6 Å². The van der Waals surface area contributed by atoms with E-state index in [1.807, 2.05) is 18.2 Å². The average Bonchev–Trinajstić information content (AvgIpc) is 2.67. The largest absolute Gasteiger partial charge is 0.261 e. The fraction of sp³-hybridized carbons (Fsp3) is 0.400. The zero-order valence-corrected chi connectivity index (χ0v) is 9.42. The summed E-state index contributed by atoms with van der Waals surface area (Å²) in [5.74, 6) is 0.791. The van der Waals surface area contributed by atoms with Crippen molar-refractivity contribution in [2.24, 2.45) is 5.10 Å². The van der Waals surface area contributed by atoms with Crippen LogP contribution in [0.1, 0.15) is 25.7 Å². The molecule has 74 valence electrons. The second-order valence-corrected chi connectivity index (χ2v) is 4.15. The molecule has 1 heterocycles. The molecular weight excluding hydrogens is 242 g/mol. The van der Waals surface area contributed by atoms with Gasteiger partial charge in [0.2, 0.25) is 0 Å². The standard InChI is InChI=1S/C10H12BrN3/c11-9-6-3-7-10(12-9)14-13-8-4-1-2-5-8/h3,6-7H,1-2,4-5H2,(H,12,14). The lowest BCUT2D eigenvalue weighted by atomic mass is 10.3. The van der Waals surface area contributed by atoms with Crippen molar-refractivity contribution in [3.05, 3.63) is 22.8 Å². The van der Waals surface area contributed by atoms with Crippen LogP contribution in [-0.4, -0.2) is 10.7 Å². The number of aromatic nitrogens is 1. The number of hydrogen-bond donors (Lipinski definition) is 1. The molecular formula is C10H12BrN3. The van der Waals surface area contributed by atoms with Gasteiger partial charge in [0.15, 0.2) is 0 Å². The summed E-state index contributed by atoms with van der Waals surface area (Å²) in [5.41, 5.74) is 4.23. The molecule has 1 aliphatic carbocycles. The number of nitrogens with one attached hydrogen (secondary N) is 1. The van der Waals surface area contributed by atoms with Crippen LogP contribution in [0.25, 0.3) is 0 Å². The molecule has 0 aliphatic heterocycles. The predicted molar refractivity (Wildman–Crippen MR) is 61.5 cm³/mol. The molecule has 0 radical (unpaired) electrons. The van der Waals surface area contributed by atoms with Crippen LogP contribution in [0.5, 0.6) is 0 Å². The molecule has 3 nitrogen and oxygen atoms in total. The Labute approximate surface area is 91.8 Å². The molecule has 0 amide bonds. The lowest BCUT2D eigenvalue weighted by Gasteiger charge is -2.00. The maximum atomic E-state index is 4.32. The first-order valence-corrected chi connectivity index (χ1v) is 5.58. The summed E-state index contributed by atoms with van der Waals surface area (Å²) in [7, 11) is 0. The van der Waals surface area contributed by atoms with Gasteiger partial charge in [0.05, 0.1) is 0 Å². The fourth-order valence-electron chi connectivity index (χ4n) is 1.50. The first kappa shape index (κ1) is 9.65. The number of nitrogens with zero attached hydrogens (tertiary/aromatic N) is 2. The highest BCUT2D eigenvalue weighted by atomic mass is 79.9. The SMILES string of the molecule is Brc1cccc(NN=C2CCCC2)n1. The van der Waals surface area contributed by atoms with Crippen LogP contribution in [0, 0.1) is 0 Å². The Morgan fingerprint density at radius 3 is 2.79 bits per heavy atom. The zero-order valence-electron chi connectivity index (χ0n) is 7.83. The van der Waals surface area contributed by atoms with Crippen LogP contribution >= 0.6 is 15.9 Å². The van der Waals surface area contributed by atoms with Gasteiger partial charge < -0.3 is 0 Å². The van der Waals surface area contributed by atoms with Gasteiger partial charge in [-0.2, -0.15) is 5.10 Å². The van der Waals surface area contributed by atoms with E-state index < -0.39 is 0 Å². The number of halogens is 1. The van der Waals surface area contributed by atoms with Crippen molar-refractivity contribution < 1.29 is 0 Å². The summed E-state index contributed by atoms with van der Waals surface area (Å²) in [6.45, 7) is 0. The summed E-state index contributed by atoms with van der Waals surface area (Å²) in [6, 6.07) is 5.74. The van der Waals surface area contributed by atoms with E-state index in [9.17, 15) is 0 Å². The normalized spacial score (nSPS) is 15.6. The Hall–Kier alpha value is -0.900. The van der Waals surface area contributed by atoms with Crippen molar-refractivity contribution >= 4 is 27.5 Å². The lowest BCUT2D eigenvalue weighted by molar-refractivity contribution is 0.886. The minimum absolute atomic E-state index is 0.791. The van der Waals surface area contributed by atoms with Crippen molar-refractivity contribution in [1.82, 2.24) is 4.98 Å². The van der Waals surface area contributed by atoms with Crippen molar-refractivity contribution in [1.29, 1.82) is 0 Å². The highest BCUT2D eigenvalue weighted by Crippen LogP contribution is 2.15. The monoisotopic (exact) mass is 253 g/mol. The minimum Gasteiger partial charge on any atom is -0.261 e. The molecule has 1 aromatic heterocycles. The van der Waals surface area contributed by atoms with Gasteiger partial charge in [-0.25, -0.2) is 4.98 Å². The molecule has 0 bridgehead atoms. The lowest BCUT2D eigenvalue weighted by Crippen LogP contribution is -1.97. The van der Waals surface area contributed by atoms with E-state index >= 15 is 0 Å². The Balaban J connectivity index is 2.00. The van der Waals surface area contributed by atoms with Crippen molar-refractivity contribution in [3.63, 3.8) is 0 Å². The maximum Gasteiger partial charge on any atom is 0.147 e. The molecule has 1 aliphatic rings. The molecule has 1 N–H and O–H groups in total. The maximum absolute atomic E-state index is 4.32. The van der Waals surface area contributed by atoms with E-state index in [0.29, 0.717) is 0 Å². The summed E-state index contributed by atoms with van der Waals surface area (Å²) < 4.78 is 0.828. The van der Waals surface area contributed by atoms with Gasteiger partial charge in [0, 0.05) is 5.71 Å². The topological polar surface area (TPSA) is 37.3 Å². The van der Waals surface area contributed by atoms with Crippen LogP contribution in [0.3, 0.4) is 0 Å². The van der Waals surface area contributed by atoms with Crippen LogP contribution in [0.2, 0.25) is 0 Å². The molecule has 14 heavy (non-hydrogen) atoms. The van der Waals surface area contributed by atoms with Gasteiger partial charge in [-0.15, -0.1) is 0 Å². The molecule has 0 saturated heterocycles. The average molecular weight is 254 g/mol. The third-order valence-electron chi connectivity index (χ3n) is 2.22. The molecule has 2 rings (SSSR count). The number of pyridine rings is 1. The van der Waals surface area contributed by atoms with Crippen molar-refractivity contribution in [2.75, 3.05) is 5.43 Å². The van der Waals surface area contributed by atoms with E-state index in [-0.39, 0.29) is 0 Å². The minimum atomic E-state index is 0.791.